The molecule has 0 saturated carbocycles. The van der Waals surface area contributed by atoms with Crippen LogP contribution in [0.1, 0.15) is 12.7 Å². The van der Waals surface area contributed by atoms with Gasteiger partial charge in [0.15, 0.2) is 11.6 Å². The first-order valence-electron chi connectivity index (χ1n) is 2.65. The van der Waals surface area contributed by atoms with E-state index in [1.807, 2.05) is 6.92 Å². The van der Waals surface area contributed by atoms with E-state index >= 15 is 0 Å². The van der Waals surface area contributed by atoms with E-state index in [4.69, 9.17) is 10.3 Å². The second-order valence-electron chi connectivity index (χ2n) is 1.66. The van der Waals surface area contributed by atoms with Crippen LogP contribution in [-0.4, -0.2) is 5.16 Å². The van der Waals surface area contributed by atoms with Gasteiger partial charge in [-0.05, 0) is 15.9 Å². The van der Waals surface area contributed by atoms with E-state index in [0.717, 1.165) is 16.7 Å². The number of aromatic nitrogens is 1. The van der Waals surface area contributed by atoms with Crippen LogP contribution >= 0.6 is 15.9 Å². The molecule has 0 saturated heterocycles. The molecule has 0 fully saturated rings. The minimum atomic E-state index is 0.423. The number of halogens is 1. The minimum absolute atomic E-state index is 0.423. The number of anilines is 1. The molecular formula is C5H7BrN2O. The van der Waals surface area contributed by atoms with Crippen LogP contribution in [0.5, 0.6) is 0 Å². The van der Waals surface area contributed by atoms with E-state index in [9.17, 15) is 0 Å². The van der Waals surface area contributed by atoms with Crippen LogP contribution in [0.15, 0.2) is 9.00 Å². The number of hydrogen-bond acceptors (Lipinski definition) is 3. The Morgan fingerprint density at radius 2 is 2.44 bits per heavy atom. The summed E-state index contributed by atoms with van der Waals surface area (Å²) < 4.78 is 5.60. The maximum atomic E-state index is 5.36. The van der Waals surface area contributed by atoms with Gasteiger partial charge in [0, 0.05) is 6.42 Å². The molecule has 0 aliphatic rings. The molecule has 0 radical (unpaired) electrons. The standard InChI is InChI=1S/C5H7BrN2O/c1-2-3-4(6)5(7)8-9-3/h2H2,1H3,(H2,7,8). The van der Waals surface area contributed by atoms with Crippen molar-refractivity contribution in [1.29, 1.82) is 0 Å². The van der Waals surface area contributed by atoms with E-state index in [1.54, 1.807) is 0 Å². The Kier molecular flexibility index (Phi) is 1.75. The number of nitrogen functional groups attached to an aromatic ring is 1. The van der Waals surface area contributed by atoms with Crippen molar-refractivity contribution in [2.75, 3.05) is 5.73 Å². The van der Waals surface area contributed by atoms with Gasteiger partial charge >= 0.3 is 0 Å². The molecule has 50 valence electrons. The molecule has 0 atom stereocenters. The number of rotatable bonds is 1. The number of aryl methyl sites for hydroxylation is 1. The first-order valence-corrected chi connectivity index (χ1v) is 3.44. The summed E-state index contributed by atoms with van der Waals surface area (Å²) in [6.45, 7) is 1.98. The Hall–Kier alpha value is -0.510. The van der Waals surface area contributed by atoms with Crippen LogP contribution in [0.2, 0.25) is 0 Å². The van der Waals surface area contributed by atoms with Crippen LogP contribution in [0, 0.1) is 0 Å². The van der Waals surface area contributed by atoms with Gasteiger partial charge in [-0.1, -0.05) is 12.1 Å². The van der Waals surface area contributed by atoms with Crippen molar-refractivity contribution < 1.29 is 4.52 Å². The maximum absolute atomic E-state index is 5.36. The highest BCUT2D eigenvalue weighted by atomic mass is 79.9. The molecule has 0 unspecified atom stereocenters. The Morgan fingerprint density at radius 3 is 2.67 bits per heavy atom. The zero-order chi connectivity index (χ0) is 6.85. The van der Waals surface area contributed by atoms with Gasteiger partial charge in [-0.3, -0.25) is 0 Å². The number of nitrogens with two attached hydrogens (primary N) is 1. The van der Waals surface area contributed by atoms with E-state index < -0.39 is 0 Å². The highest BCUT2D eigenvalue weighted by molar-refractivity contribution is 9.10. The fourth-order valence-electron chi connectivity index (χ4n) is 0.547. The monoisotopic (exact) mass is 190 g/mol. The lowest BCUT2D eigenvalue weighted by Crippen LogP contribution is -1.83. The third kappa shape index (κ3) is 1.08. The van der Waals surface area contributed by atoms with Crippen molar-refractivity contribution in [1.82, 2.24) is 5.16 Å². The normalized spacial score (nSPS) is 10.0. The quantitative estimate of drug-likeness (QED) is 0.732. The lowest BCUT2D eigenvalue weighted by Gasteiger charge is -1.84. The third-order valence-corrected chi connectivity index (χ3v) is 1.89. The predicted molar refractivity (Wildman–Crippen MR) is 38.0 cm³/mol. The second-order valence-corrected chi connectivity index (χ2v) is 2.45. The summed E-state index contributed by atoms with van der Waals surface area (Å²) in [4.78, 5) is 0. The fourth-order valence-corrected chi connectivity index (χ4v) is 0.972. The van der Waals surface area contributed by atoms with Crippen molar-refractivity contribution in [3.05, 3.63) is 10.2 Å². The molecule has 0 spiro atoms. The van der Waals surface area contributed by atoms with Gasteiger partial charge in [0.25, 0.3) is 0 Å². The summed E-state index contributed by atoms with van der Waals surface area (Å²) >= 11 is 3.23. The van der Waals surface area contributed by atoms with E-state index in [2.05, 4.69) is 21.1 Å². The molecule has 1 heterocycles. The zero-order valence-electron chi connectivity index (χ0n) is 5.02. The highest BCUT2D eigenvalue weighted by Gasteiger charge is 2.06. The molecule has 3 nitrogen and oxygen atoms in total. The van der Waals surface area contributed by atoms with Crippen LogP contribution < -0.4 is 5.73 Å². The van der Waals surface area contributed by atoms with Gasteiger partial charge in [-0.2, -0.15) is 0 Å². The lowest BCUT2D eigenvalue weighted by atomic mass is 10.4. The van der Waals surface area contributed by atoms with Crippen molar-refractivity contribution in [2.24, 2.45) is 0 Å². The first-order chi connectivity index (χ1) is 4.25. The smallest absolute Gasteiger partial charge is 0.181 e. The molecule has 4 heteroatoms. The largest absolute Gasteiger partial charge is 0.380 e. The summed E-state index contributed by atoms with van der Waals surface area (Å²) in [5, 5.41) is 3.54. The Morgan fingerprint density at radius 1 is 1.78 bits per heavy atom. The topological polar surface area (TPSA) is 52.0 Å². The molecule has 0 aliphatic heterocycles. The molecule has 1 aromatic heterocycles. The van der Waals surface area contributed by atoms with E-state index in [0.29, 0.717) is 5.82 Å². The van der Waals surface area contributed by atoms with Gasteiger partial charge in [0.2, 0.25) is 0 Å². The number of hydrogen-bond donors (Lipinski definition) is 1. The van der Waals surface area contributed by atoms with Crippen LogP contribution in [0.4, 0.5) is 5.82 Å². The molecule has 1 rings (SSSR count). The summed E-state index contributed by atoms with van der Waals surface area (Å²) in [5.74, 6) is 1.22. The molecular weight excluding hydrogens is 184 g/mol. The van der Waals surface area contributed by atoms with Gasteiger partial charge in [0.1, 0.15) is 4.47 Å². The van der Waals surface area contributed by atoms with E-state index in [-0.39, 0.29) is 0 Å². The number of nitrogens with zero attached hydrogens (tertiary/aromatic N) is 1. The average Bonchev–Trinajstić information content (AvgIpc) is 2.15. The van der Waals surface area contributed by atoms with Crippen LogP contribution in [0.3, 0.4) is 0 Å². The summed E-state index contributed by atoms with van der Waals surface area (Å²) in [5.41, 5.74) is 5.36. The van der Waals surface area contributed by atoms with Crippen molar-refractivity contribution in [3.63, 3.8) is 0 Å². The molecule has 2 N–H and O–H groups in total. The third-order valence-electron chi connectivity index (χ3n) is 1.04. The maximum Gasteiger partial charge on any atom is 0.181 e. The van der Waals surface area contributed by atoms with Gasteiger partial charge < -0.3 is 10.3 Å². The average molecular weight is 191 g/mol. The molecule has 0 bridgehead atoms. The molecule has 0 amide bonds. The van der Waals surface area contributed by atoms with Gasteiger partial charge in [-0.25, -0.2) is 0 Å². The first kappa shape index (κ1) is 6.61. The zero-order valence-corrected chi connectivity index (χ0v) is 6.60. The summed E-state index contributed by atoms with van der Waals surface area (Å²) in [7, 11) is 0. The Balaban J connectivity index is 3.04. The summed E-state index contributed by atoms with van der Waals surface area (Å²) in [6, 6.07) is 0. The summed E-state index contributed by atoms with van der Waals surface area (Å²) in [6.07, 6.45) is 0.810. The second kappa shape index (κ2) is 2.39. The van der Waals surface area contributed by atoms with Gasteiger partial charge in [-0.15, -0.1) is 0 Å². The van der Waals surface area contributed by atoms with Crippen molar-refractivity contribution in [2.45, 2.75) is 13.3 Å². The molecule has 9 heavy (non-hydrogen) atoms. The van der Waals surface area contributed by atoms with Crippen LogP contribution in [-0.2, 0) is 6.42 Å². The SMILES string of the molecule is CCc1onc(N)c1Br. The van der Waals surface area contributed by atoms with Crippen molar-refractivity contribution in [3.8, 4) is 0 Å². The van der Waals surface area contributed by atoms with Gasteiger partial charge in [0.05, 0.1) is 0 Å². The lowest BCUT2D eigenvalue weighted by molar-refractivity contribution is 0.388. The Bertz CT molecular complexity index is 209. The van der Waals surface area contributed by atoms with E-state index in [1.165, 1.54) is 0 Å². The Labute approximate surface area is 61.3 Å². The predicted octanol–water partition coefficient (Wildman–Crippen LogP) is 1.58. The molecule has 1 aromatic rings. The highest BCUT2D eigenvalue weighted by Crippen LogP contribution is 2.22. The van der Waals surface area contributed by atoms with Crippen molar-refractivity contribution >= 4 is 21.7 Å². The molecule has 0 aliphatic carbocycles. The fraction of sp³-hybridized carbons (Fsp3) is 0.400. The minimum Gasteiger partial charge on any atom is -0.380 e. The van der Waals surface area contributed by atoms with Crippen LogP contribution in [0.25, 0.3) is 0 Å². The molecule has 0 aromatic carbocycles.